The summed E-state index contributed by atoms with van der Waals surface area (Å²) in [6.45, 7) is 4.99. The lowest BCUT2D eigenvalue weighted by atomic mass is 10.0. The number of hydrogen-bond acceptors (Lipinski definition) is 4. The standard InChI is InChI=1S/C24H32N2O3S/c1-19-4-2-15-25(19)17-14-20-6-8-21(9-7-20)22-10-12-24(13-11-22)30(28,29)26-16-3-5-23(26)18-27/h6-13,19,23,27H,2-5,14-18H2,1H3/t19-,23-/m1/s1. The maximum Gasteiger partial charge on any atom is 0.243 e. The van der Waals surface area contributed by atoms with Gasteiger partial charge in [-0.15, -0.1) is 0 Å². The zero-order valence-electron chi connectivity index (χ0n) is 17.7. The largest absolute Gasteiger partial charge is 0.395 e. The second-order valence-corrected chi connectivity index (χ2v) is 10.5. The Hall–Kier alpha value is -1.73. The van der Waals surface area contributed by atoms with Gasteiger partial charge in [0, 0.05) is 25.2 Å². The molecule has 0 unspecified atom stereocenters. The van der Waals surface area contributed by atoms with Crippen LogP contribution in [0.5, 0.6) is 0 Å². The minimum absolute atomic E-state index is 0.125. The molecule has 2 heterocycles. The average Bonchev–Trinajstić information content (AvgIpc) is 3.42. The number of aliphatic hydroxyl groups is 1. The number of sulfonamides is 1. The van der Waals surface area contributed by atoms with E-state index < -0.39 is 10.0 Å². The van der Waals surface area contributed by atoms with Crippen LogP contribution in [0.1, 0.15) is 38.2 Å². The van der Waals surface area contributed by atoms with Crippen molar-refractivity contribution in [2.24, 2.45) is 0 Å². The maximum atomic E-state index is 12.9. The van der Waals surface area contributed by atoms with Gasteiger partial charge in [-0.1, -0.05) is 36.4 Å². The molecule has 2 aromatic carbocycles. The van der Waals surface area contributed by atoms with E-state index in [1.165, 1.54) is 29.3 Å². The summed E-state index contributed by atoms with van der Waals surface area (Å²) in [5, 5.41) is 9.47. The fraction of sp³-hybridized carbons (Fsp3) is 0.500. The van der Waals surface area contributed by atoms with Crippen molar-refractivity contribution < 1.29 is 13.5 Å². The summed E-state index contributed by atoms with van der Waals surface area (Å²) in [4.78, 5) is 2.86. The fourth-order valence-corrected chi connectivity index (χ4v) is 6.41. The molecule has 2 aromatic rings. The van der Waals surface area contributed by atoms with Crippen LogP contribution in [0.2, 0.25) is 0 Å². The average molecular weight is 429 g/mol. The minimum Gasteiger partial charge on any atom is -0.395 e. The Kier molecular flexibility index (Phi) is 6.58. The molecule has 0 saturated carbocycles. The zero-order valence-corrected chi connectivity index (χ0v) is 18.5. The van der Waals surface area contributed by atoms with Gasteiger partial charge in [0.1, 0.15) is 0 Å². The normalized spacial score (nSPS) is 23.3. The van der Waals surface area contributed by atoms with Crippen molar-refractivity contribution in [1.29, 1.82) is 0 Å². The Morgan fingerprint density at radius 2 is 1.57 bits per heavy atom. The van der Waals surface area contributed by atoms with Crippen molar-refractivity contribution in [2.75, 3.05) is 26.2 Å². The lowest BCUT2D eigenvalue weighted by molar-refractivity contribution is 0.213. The second kappa shape index (κ2) is 9.18. The summed E-state index contributed by atoms with van der Waals surface area (Å²) in [7, 11) is -3.56. The molecule has 4 rings (SSSR count). The molecule has 2 atom stereocenters. The summed E-state index contributed by atoms with van der Waals surface area (Å²) in [6.07, 6.45) is 5.19. The lowest BCUT2D eigenvalue weighted by Crippen LogP contribution is -2.37. The smallest absolute Gasteiger partial charge is 0.243 e. The minimum atomic E-state index is -3.56. The van der Waals surface area contributed by atoms with Gasteiger partial charge < -0.3 is 10.0 Å². The van der Waals surface area contributed by atoms with Crippen molar-refractivity contribution in [1.82, 2.24) is 9.21 Å². The summed E-state index contributed by atoms with van der Waals surface area (Å²) in [5.74, 6) is 0. The Labute approximate surface area is 180 Å². The Balaban J connectivity index is 1.42. The molecule has 162 valence electrons. The Morgan fingerprint density at radius 1 is 0.933 bits per heavy atom. The first-order chi connectivity index (χ1) is 14.5. The number of benzene rings is 2. The molecule has 1 N–H and O–H groups in total. The Morgan fingerprint density at radius 3 is 2.17 bits per heavy atom. The highest BCUT2D eigenvalue weighted by atomic mass is 32.2. The highest BCUT2D eigenvalue weighted by Gasteiger charge is 2.34. The second-order valence-electron chi connectivity index (χ2n) is 8.59. The van der Waals surface area contributed by atoms with E-state index in [0.717, 1.165) is 36.9 Å². The van der Waals surface area contributed by atoms with Crippen molar-refractivity contribution in [3.05, 3.63) is 54.1 Å². The number of aliphatic hydroxyl groups excluding tert-OH is 1. The van der Waals surface area contributed by atoms with Gasteiger partial charge in [-0.2, -0.15) is 4.31 Å². The molecule has 0 radical (unpaired) electrons. The van der Waals surface area contributed by atoms with Gasteiger partial charge in [0.2, 0.25) is 10.0 Å². The molecule has 0 amide bonds. The first-order valence-corrected chi connectivity index (χ1v) is 12.5. The topological polar surface area (TPSA) is 60.9 Å². The summed E-state index contributed by atoms with van der Waals surface area (Å²) >= 11 is 0. The van der Waals surface area contributed by atoms with Crippen LogP contribution in [0.3, 0.4) is 0 Å². The van der Waals surface area contributed by atoms with Crippen LogP contribution in [0, 0.1) is 0 Å². The van der Waals surface area contributed by atoms with E-state index in [4.69, 9.17) is 0 Å². The first-order valence-electron chi connectivity index (χ1n) is 11.0. The third-order valence-corrected chi connectivity index (χ3v) is 8.63. The monoisotopic (exact) mass is 428 g/mol. The molecule has 2 aliphatic rings. The van der Waals surface area contributed by atoms with Crippen LogP contribution >= 0.6 is 0 Å². The SMILES string of the molecule is C[C@@H]1CCCN1CCc1ccc(-c2ccc(S(=O)(=O)N3CCC[C@@H]3CO)cc2)cc1. The maximum absolute atomic E-state index is 12.9. The number of nitrogens with zero attached hydrogens (tertiary/aromatic N) is 2. The predicted octanol–water partition coefficient (Wildman–Crippen LogP) is 3.53. The van der Waals surface area contributed by atoms with E-state index >= 15 is 0 Å². The van der Waals surface area contributed by atoms with Gasteiger partial charge in [0.25, 0.3) is 0 Å². The third kappa shape index (κ3) is 4.47. The quantitative estimate of drug-likeness (QED) is 0.733. The number of hydrogen-bond donors (Lipinski definition) is 1. The number of likely N-dealkylation sites (tertiary alicyclic amines) is 1. The highest BCUT2D eigenvalue weighted by Crippen LogP contribution is 2.28. The molecule has 2 fully saturated rings. The van der Waals surface area contributed by atoms with E-state index in [0.29, 0.717) is 17.5 Å². The van der Waals surface area contributed by atoms with Crippen LogP contribution in [0.25, 0.3) is 11.1 Å². The molecule has 2 aliphatic heterocycles. The molecule has 0 spiro atoms. The van der Waals surface area contributed by atoms with Gasteiger partial charge in [-0.3, -0.25) is 0 Å². The molecule has 0 aliphatic carbocycles. The van der Waals surface area contributed by atoms with Crippen LogP contribution in [0.4, 0.5) is 0 Å². The first kappa shape index (κ1) is 21.5. The molecule has 0 aromatic heterocycles. The number of rotatable bonds is 7. The van der Waals surface area contributed by atoms with Gasteiger partial charge in [-0.05, 0) is 74.4 Å². The Bertz CT molecular complexity index is 941. The van der Waals surface area contributed by atoms with E-state index in [-0.39, 0.29) is 12.6 Å². The summed E-state index contributed by atoms with van der Waals surface area (Å²) in [5.41, 5.74) is 3.43. The third-order valence-electron chi connectivity index (χ3n) is 6.66. The molecule has 5 nitrogen and oxygen atoms in total. The molecule has 30 heavy (non-hydrogen) atoms. The van der Waals surface area contributed by atoms with Crippen molar-refractivity contribution in [2.45, 2.75) is 56.0 Å². The molecule has 2 saturated heterocycles. The molecular formula is C24H32N2O3S. The van der Waals surface area contributed by atoms with E-state index in [1.807, 2.05) is 12.1 Å². The van der Waals surface area contributed by atoms with E-state index in [2.05, 4.69) is 36.1 Å². The van der Waals surface area contributed by atoms with Crippen LogP contribution in [0.15, 0.2) is 53.4 Å². The highest BCUT2D eigenvalue weighted by molar-refractivity contribution is 7.89. The van der Waals surface area contributed by atoms with Crippen molar-refractivity contribution >= 4 is 10.0 Å². The lowest BCUT2D eigenvalue weighted by Gasteiger charge is -2.22. The zero-order chi connectivity index (χ0) is 21.1. The molecule has 0 bridgehead atoms. The fourth-order valence-electron chi connectivity index (χ4n) is 4.72. The van der Waals surface area contributed by atoms with Crippen molar-refractivity contribution in [3.63, 3.8) is 0 Å². The molecule has 6 heteroatoms. The summed E-state index contributed by atoms with van der Waals surface area (Å²) < 4.78 is 27.3. The predicted molar refractivity (Wildman–Crippen MR) is 120 cm³/mol. The van der Waals surface area contributed by atoms with Gasteiger partial charge in [0.15, 0.2) is 0 Å². The van der Waals surface area contributed by atoms with Gasteiger partial charge in [-0.25, -0.2) is 8.42 Å². The summed E-state index contributed by atoms with van der Waals surface area (Å²) in [6, 6.07) is 16.1. The van der Waals surface area contributed by atoms with E-state index in [1.54, 1.807) is 12.1 Å². The van der Waals surface area contributed by atoms with Crippen LogP contribution < -0.4 is 0 Å². The van der Waals surface area contributed by atoms with Crippen LogP contribution in [-0.2, 0) is 16.4 Å². The van der Waals surface area contributed by atoms with Crippen molar-refractivity contribution in [3.8, 4) is 11.1 Å². The molecular weight excluding hydrogens is 396 g/mol. The van der Waals surface area contributed by atoms with Gasteiger partial charge in [0.05, 0.1) is 11.5 Å². The van der Waals surface area contributed by atoms with E-state index in [9.17, 15) is 13.5 Å². The van der Waals surface area contributed by atoms with Crippen LogP contribution in [-0.4, -0.2) is 61.1 Å². The van der Waals surface area contributed by atoms with Gasteiger partial charge >= 0.3 is 0 Å².